The average molecular weight is 342 g/mol. The smallest absolute Gasteiger partial charge is 0.276 e. The molecule has 3 heterocycles. The van der Waals surface area contributed by atoms with Crippen LogP contribution < -0.4 is 11.1 Å². The van der Waals surface area contributed by atoms with Gasteiger partial charge in [-0.2, -0.15) is 0 Å². The summed E-state index contributed by atoms with van der Waals surface area (Å²) in [6, 6.07) is 5.08. The number of ether oxygens (including phenoxy) is 1. The van der Waals surface area contributed by atoms with Gasteiger partial charge in [0.25, 0.3) is 5.91 Å². The molecule has 3 rings (SSSR count). The lowest BCUT2D eigenvalue weighted by Gasteiger charge is -2.37. The Bertz CT molecular complexity index is 755. The van der Waals surface area contributed by atoms with Gasteiger partial charge in [-0.25, -0.2) is 4.98 Å². The number of aromatic nitrogens is 2. The zero-order chi connectivity index (χ0) is 18.0. The minimum absolute atomic E-state index is 0.0597. The highest BCUT2D eigenvalue weighted by molar-refractivity contribution is 6.06. The Morgan fingerprint density at radius 3 is 2.88 bits per heavy atom. The second-order valence-electron chi connectivity index (χ2n) is 6.35. The third-order valence-electron chi connectivity index (χ3n) is 4.69. The molecule has 132 valence electrons. The molecule has 4 atom stereocenters. The molecule has 7 heteroatoms. The molecule has 0 radical (unpaired) electrons. The Morgan fingerprint density at radius 2 is 2.16 bits per heavy atom. The maximum atomic E-state index is 12.5. The van der Waals surface area contributed by atoms with Crippen molar-refractivity contribution in [2.75, 3.05) is 11.1 Å². The number of nitrogens with zero attached hydrogens (tertiary/aromatic N) is 2. The molecule has 0 saturated carbocycles. The van der Waals surface area contributed by atoms with Crippen LogP contribution in [-0.2, 0) is 4.74 Å². The van der Waals surface area contributed by atoms with Gasteiger partial charge in [0.05, 0.1) is 35.9 Å². The van der Waals surface area contributed by atoms with Gasteiger partial charge >= 0.3 is 0 Å². The third kappa shape index (κ3) is 3.62. The summed E-state index contributed by atoms with van der Waals surface area (Å²) in [5.74, 6) is -0.352. The topological polar surface area (TPSA) is 110 Å². The fourth-order valence-corrected chi connectivity index (χ4v) is 2.97. The van der Waals surface area contributed by atoms with Gasteiger partial charge in [0.2, 0.25) is 0 Å². The lowest BCUT2D eigenvalue weighted by atomic mass is 9.88. The van der Waals surface area contributed by atoms with Crippen molar-refractivity contribution in [1.82, 2.24) is 9.97 Å². The van der Waals surface area contributed by atoms with E-state index in [1.54, 1.807) is 30.6 Å². The second kappa shape index (κ2) is 7.16. The molecule has 1 amide bonds. The number of amides is 1. The summed E-state index contributed by atoms with van der Waals surface area (Å²) in [6.07, 6.45) is 4.31. The van der Waals surface area contributed by atoms with Crippen LogP contribution in [0.15, 0.2) is 36.8 Å². The van der Waals surface area contributed by atoms with Gasteiger partial charge in [-0.1, -0.05) is 6.92 Å². The fourth-order valence-electron chi connectivity index (χ4n) is 2.97. The van der Waals surface area contributed by atoms with E-state index in [9.17, 15) is 9.90 Å². The molecule has 1 fully saturated rings. The summed E-state index contributed by atoms with van der Waals surface area (Å²) in [6.45, 7) is 3.90. The summed E-state index contributed by atoms with van der Waals surface area (Å²) in [4.78, 5) is 20.6. The van der Waals surface area contributed by atoms with E-state index in [1.807, 2.05) is 13.8 Å². The molecule has 25 heavy (non-hydrogen) atoms. The summed E-state index contributed by atoms with van der Waals surface area (Å²) >= 11 is 0. The van der Waals surface area contributed by atoms with Crippen molar-refractivity contribution in [1.29, 1.82) is 0 Å². The molecule has 0 aliphatic carbocycles. The van der Waals surface area contributed by atoms with E-state index in [-0.39, 0.29) is 23.8 Å². The first-order valence-electron chi connectivity index (χ1n) is 8.26. The van der Waals surface area contributed by atoms with Crippen LogP contribution in [0.5, 0.6) is 0 Å². The molecule has 0 bridgehead atoms. The number of nitrogens with two attached hydrogens (primary N) is 1. The number of carbonyl (C=O) groups excluding carboxylic acids is 1. The lowest BCUT2D eigenvalue weighted by molar-refractivity contribution is -0.124. The predicted octanol–water partition coefficient (Wildman–Crippen LogP) is 2.16. The minimum atomic E-state index is -0.461. The Kier molecular flexibility index (Phi) is 4.96. The van der Waals surface area contributed by atoms with Gasteiger partial charge in [0.15, 0.2) is 5.69 Å². The van der Waals surface area contributed by atoms with Crippen molar-refractivity contribution in [3.8, 4) is 0 Å². The van der Waals surface area contributed by atoms with Crippen molar-refractivity contribution >= 4 is 17.3 Å². The predicted molar refractivity (Wildman–Crippen MR) is 93.9 cm³/mol. The van der Waals surface area contributed by atoms with Gasteiger partial charge in [-0.15, -0.1) is 0 Å². The van der Waals surface area contributed by atoms with Crippen LogP contribution in [-0.4, -0.2) is 33.2 Å². The van der Waals surface area contributed by atoms with Gasteiger partial charge in [0.1, 0.15) is 0 Å². The van der Waals surface area contributed by atoms with Gasteiger partial charge in [-0.05, 0) is 25.1 Å². The number of anilines is 2. The molecule has 2 aromatic rings. The highest BCUT2D eigenvalue weighted by Crippen LogP contribution is 2.37. The van der Waals surface area contributed by atoms with E-state index in [0.717, 1.165) is 5.56 Å². The molecule has 1 saturated heterocycles. The highest BCUT2D eigenvalue weighted by Gasteiger charge is 2.34. The minimum Gasteiger partial charge on any atom is -0.397 e. The molecule has 0 spiro atoms. The van der Waals surface area contributed by atoms with E-state index < -0.39 is 12.0 Å². The maximum Gasteiger partial charge on any atom is 0.276 e. The Hall–Kier alpha value is -2.51. The number of carbonyl (C=O) groups is 1. The zero-order valence-electron chi connectivity index (χ0n) is 14.2. The van der Waals surface area contributed by atoms with E-state index in [4.69, 9.17) is 10.5 Å². The first-order chi connectivity index (χ1) is 12.0. The number of rotatable bonds is 3. The van der Waals surface area contributed by atoms with E-state index >= 15 is 0 Å². The van der Waals surface area contributed by atoms with Crippen molar-refractivity contribution in [2.45, 2.75) is 38.6 Å². The van der Waals surface area contributed by atoms with Crippen molar-refractivity contribution in [2.24, 2.45) is 5.92 Å². The number of nitrogen functional groups attached to an aromatic ring is 1. The average Bonchev–Trinajstić information content (AvgIpc) is 2.60. The standard InChI is InChI=1S/C18H22N4O3/c1-10-11(2)25-16(8-15(10)23)12-5-7-20-9-14(12)22-18(24)17-13(19)4-3-6-21-17/h3-7,9-11,15-16,23H,8,19H2,1-2H3,(H,22,24)/t10?,11-,15-,16-/m1/s1. The van der Waals surface area contributed by atoms with Crippen LogP contribution in [0.3, 0.4) is 0 Å². The first kappa shape index (κ1) is 17.3. The van der Waals surface area contributed by atoms with Gasteiger partial charge in [-0.3, -0.25) is 9.78 Å². The second-order valence-corrected chi connectivity index (χ2v) is 6.35. The molecule has 2 aromatic heterocycles. The molecular weight excluding hydrogens is 320 g/mol. The maximum absolute atomic E-state index is 12.5. The van der Waals surface area contributed by atoms with Crippen LogP contribution in [0.1, 0.15) is 42.4 Å². The molecule has 7 nitrogen and oxygen atoms in total. The summed E-state index contributed by atoms with van der Waals surface area (Å²) < 4.78 is 6.03. The molecule has 0 aromatic carbocycles. The monoisotopic (exact) mass is 342 g/mol. The molecule has 1 aliphatic heterocycles. The van der Waals surface area contributed by atoms with Crippen molar-refractivity contribution in [3.05, 3.63) is 48.0 Å². The summed E-state index contributed by atoms with van der Waals surface area (Å²) in [5.41, 5.74) is 7.57. The Labute approximate surface area is 146 Å². The molecule has 4 N–H and O–H groups in total. The van der Waals surface area contributed by atoms with E-state index in [2.05, 4.69) is 15.3 Å². The fraction of sp³-hybridized carbons (Fsp3) is 0.389. The van der Waals surface area contributed by atoms with Crippen LogP contribution >= 0.6 is 0 Å². The molecular formula is C18H22N4O3. The number of pyridine rings is 2. The van der Waals surface area contributed by atoms with Crippen LogP contribution in [0, 0.1) is 5.92 Å². The molecule has 1 unspecified atom stereocenters. The number of aliphatic hydroxyl groups is 1. The third-order valence-corrected chi connectivity index (χ3v) is 4.69. The zero-order valence-corrected chi connectivity index (χ0v) is 14.2. The highest BCUT2D eigenvalue weighted by atomic mass is 16.5. The number of nitrogens with one attached hydrogen (secondary N) is 1. The Balaban J connectivity index is 1.84. The number of hydrogen-bond acceptors (Lipinski definition) is 6. The van der Waals surface area contributed by atoms with Crippen molar-refractivity contribution in [3.63, 3.8) is 0 Å². The number of aliphatic hydroxyl groups excluding tert-OH is 1. The first-order valence-corrected chi connectivity index (χ1v) is 8.26. The normalized spacial score (nSPS) is 26.2. The quantitative estimate of drug-likeness (QED) is 0.788. The van der Waals surface area contributed by atoms with E-state index in [1.165, 1.54) is 6.20 Å². The summed E-state index contributed by atoms with van der Waals surface area (Å²) in [5, 5.41) is 13.1. The lowest BCUT2D eigenvalue weighted by Crippen LogP contribution is -2.38. The summed E-state index contributed by atoms with van der Waals surface area (Å²) in [7, 11) is 0. The van der Waals surface area contributed by atoms with Crippen LogP contribution in [0.2, 0.25) is 0 Å². The van der Waals surface area contributed by atoms with E-state index in [0.29, 0.717) is 17.8 Å². The van der Waals surface area contributed by atoms with Gasteiger partial charge < -0.3 is 20.9 Å². The van der Waals surface area contributed by atoms with Crippen LogP contribution in [0.25, 0.3) is 0 Å². The number of hydrogen-bond donors (Lipinski definition) is 3. The van der Waals surface area contributed by atoms with Gasteiger partial charge in [0, 0.05) is 30.3 Å². The molecule has 1 aliphatic rings. The Morgan fingerprint density at radius 1 is 1.36 bits per heavy atom. The largest absolute Gasteiger partial charge is 0.397 e. The SMILES string of the molecule is CC1[C@H](O)C[C@H](c2ccncc2NC(=O)c2ncccc2N)O[C@@H]1C. The van der Waals surface area contributed by atoms with Crippen LogP contribution in [0.4, 0.5) is 11.4 Å². The van der Waals surface area contributed by atoms with Crippen molar-refractivity contribution < 1.29 is 14.6 Å².